The Morgan fingerprint density at radius 1 is 1.53 bits per heavy atom. The summed E-state index contributed by atoms with van der Waals surface area (Å²) in [7, 11) is -3.01. The van der Waals surface area contributed by atoms with Crippen molar-refractivity contribution in [2.45, 2.75) is 39.2 Å². The van der Waals surface area contributed by atoms with Gasteiger partial charge in [0, 0.05) is 12.4 Å². The second-order valence-corrected chi connectivity index (χ2v) is 7.04. The summed E-state index contributed by atoms with van der Waals surface area (Å²) in [5.41, 5.74) is -0.900. The van der Waals surface area contributed by atoms with Crippen LogP contribution in [0.1, 0.15) is 33.1 Å². The van der Waals surface area contributed by atoms with E-state index in [1.807, 2.05) is 0 Å². The van der Waals surface area contributed by atoms with Crippen LogP contribution in [0, 0.1) is 5.41 Å². The zero-order valence-electron chi connectivity index (χ0n) is 10.3. The van der Waals surface area contributed by atoms with Gasteiger partial charge in [-0.3, -0.25) is 4.79 Å². The normalized spacial score (nSPS) is 29.4. The SMILES string of the molecule is CCS(=O)(=O)CCCC1(C(=O)O)CCOC1C. The van der Waals surface area contributed by atoms with Gasteiger partial charge in [-0.25, -0.2) is 8.42 Å². The Balaban J connectivity index is 2.61. The summed E-state index contributed by atoms with van der Waals surface area (Å²) in [5.74, 6) is -0.707. The van der Waals surface area contributed by atoms with Gasteiger partial charge in [0.2, 0.25) is 0 Å². The van der Waals surface area contributed by atoms with Gasteiger partial charge in [0.1, 0.15) is 9.84 Å². The monoisotopic (exact) mass is 264 g/mol. The average Bonchev–Trinajstić information content (AvgIpc) is 2.61. The molecule has 0 aromatic rings. The minimum Gasteiger partial charge on any atom is -0.481 e. The van der Waals surface area contributed by atoms with Gasteiger partial charge in [-0.15, -0.1) is 0 Å². The quantitative estimate of drug-likeness (QED) is 0.776. The van der Waals surface area contributed by atoms with Crippen molar-refractivity contribution in [2.75, 3.05) is 18.1 Å². The van der Waals surface area contributed by atoms with Crippen molar-refractivity contribution in [1.29, 1.82) is 0 Å². The molecular formula is C11H20O5S. The number of hydrogen-bond donors (Lipinski definition) is 1. The first-order valence-electron chi connectivity index (χ1n) is 5.89. The number of carboxylic acid groups (broad SMARTS) is 1. The predicted octanol–water partition coefficient (Wildman–Crippen LogP) is 1.08. The standard InChI is InChI=1S/C11H20O5S/c1-3-17(14,15)8-4-5-11(10(12)13)6-7-16-9(11)2/h9H,3-8H2,1-2H3,(H,12,13). The van der Waals surface area contributed by atoms with E-state index in [1.165, 1.54) is 0 Å². The lowest BCUT2D eigenvalue weighted by Crippen LogP contribution is -2.37. The largest absolute Gasteiger partial charge is 0.481 e. The van der Waals surface area contributed by atoms with Crippen LogP contribution in [0.25, 0.3) is 0 Å². The Morgan fingerprint density at radius 2 is 2.18 bits per heavy atom. The molecule has 0 saturated carbocycles. The lowest BCUT2D eigenvalue weighted by Gasteiger charge is -2.27. The van der Waals surface area contributed by atoms with E-state index in [9.17, 15) is 18.3 Å². The van der Waals surface area contributed by atoms with Crippen LogP contribution in [-0.2, 0) is 19.4 Å². The smallest absolute Gasteiger partial charge is 0.312 e. The van der Waals surface area contributed by atoms with Gasteiger partial charge >= 0.3 is 5.97 Å². The first-order valence-corrected chi connectivity index (χ1v) is 7.71. The van der Waals surface area contributed by atoms with E-state index in [0.29, 0.717) is 25.9 Å². The molecule has 0 aliphatic carbocycles. The number of sulfone groups is 1. The first kappa shape index (κ1) is 14.4. The fraction of sp³-hybridized carbons (Fsp3) is 0.909. The number of carboxylic acids is 1. The molecule has 1 heterocycles. The molecule has 0 bridgehead atoms. The molecule has 1 aliphatic rings. The summed E-state index contributed by atoms with van der Waals surface area (Å²) in [6.45, 7) is 3.78. The third-order valence-corrected chi connectivity index (χ3v) is 5.43. The topological polar surface area (TPSA) is 80.7 Å². The van der Waals surface area contributed by atoms with Crippen LogP contribution in [0.15, 0.2) is 0 Å². The number of rotatable bonds is 6. The Kier molecular flexibility index (Phi) is 4.55. The van der Waals surface area contributed by atoms with Crippen LogP contribution < -0.4 is 0 Å². The fourth-order valence-electron chi connectivity index (χ4n) is 2.25. The van der Waals surface area contributed by atoms with Crippen LogP contribution in [0.4, 0.5) is 0 Å². The van der Waals surface area contributed by atoms with Crippen molar-refractivity contribution in [3.05, 3.63) is 0 Å². The Hall–Kier alpha value is -0.620. The third-order valence-electron chi connectivity index (χ3n) is 3.64. The van der Waals surface area contributed by atoms with Crippen LogP contribution in [-0.4, -0.2) is 43.7 Å². The molecule has 1 aliphatic heterocycles. The summed E-state index contributed by atoms with van der Waals surface area (Å²) >= 11 is 0. The van der Waals surface area contributed by atoms with E-state index in [1.54, 1.807) is 13.8 Å². The molecule has 0 aromatic carbocycles. The van der Waals surface area contributed by atoms with E-state index in [-0.39, 0.29) is 17.6 Å². The van der Waals surface area contributed by atoms with Crippen molar-refractivity contribution < 1.29 is 23.1 Å². The molecule has 0 aromatic heterocycles. The van der Waals surface area contributed by atoms with Gasteiger partial charge in [-0.05, 0) is 26.2 Å². The van der Waals surface area contributed by atoms with Crippen LogP contribution >= 0.6 is 0 Å². The summed E-state index contributed by atoms with van der Waals surface area (Å²) in [6.07, 6.45) is 0.874. The Bertz CT molecular complexity index is 375. The number of ether oxygens (including phenoxy) is 1. The van der Waals surface area contributed by atoms with Crippen LogP contribution in [0.5, 0.6) is 0 Å². The van der Waals surface area contributed by atoms with E-state index < -0.39 is 21.2 Å². The molecule has 0 spiro atoms. The average molecular weight is 264 g/mol. The van der Waals surface area contributed by atoms with Crippen molar-refractivity contribution in [1.82, 2.24) is 0 Å². The Labute approximate surface area is 102 Å². The van der Waals surface area contributed by atoms with E-state index >= 15 is 0 Å². The van der Waals surface area contributed by atoms with Gasteiger partial charge in [0.25, 0.3) is 0 Å². The highest BCUT2D eigenvalue weighted by atomic mass is 32.2. The molecule has 2 unspecified atom stereocenters. The number of hydrogen-bond acceptors (Lipinski definition) is 4. The zero-order valence-corrected chi connectivity index (χ0v) is 11.1. The maximum absolute atomic E-state index is 11.4. The van der Waals surface area contributed by atoms with Gasteiger partial charge in [0.15, 0.2) is 0 Å². The molecule has 1 saturated heterocycles. The molecule has 5 nitrogen and oxygen atoms in total. The summed E-state index contributed by atoms with van der Waals surface area (Å²) in [5, 5.41) is 9.29. The molecule has 17 heavy (non-hydrogen) atoms. The molecule has 2 atom stereocenters. The summed E-state index contributed by atoms with van der Waals surface area (Å²) in [6, 6.07) is 0. The highest BCUT2D eigenvalue weighted by molar-refractivity contribution is 7.91. The van der Waals surface area contributed by atoms with Crippen LogP contribution in [0.3, 0.4) is 0 Å². The summed E-state index contributed by atoms with van der Waals surface area (Å²) < 4.78 is 28.0. The molecular weight excluding hydrogens is 244 g/mol. The predicted molar refractivity (Wildman–Crippen MR) is 63.7 cm³/mol. The first-order chi connectivity index (χ1) is 7.84. The molecule has 0 radical (unpaired) electrons. The lowest BCUT2D eigenvalue weighted by molar-refractivity contribution is -0.152. The zero-order chi connectivity index (χ0) is 13.1. The second kappa shape index (κ2) is 5.35. The minimum atomic E-state index is -3.01. The second-order valence-electron chi connectivity index (χ2n) is 4.56. The van der Waals surface area contributed by atoms with Crippen molar-refractivity contribution >= 4 is 15.8 Å². The number of aliphatic carboxylic acids is 1. The molecule has 100 valence electrons. The Morgan fingerprint density at radius 3 is 2.59 bits per heavy atom. The van der Waals surface area contributed by atoms with E-state index in [2.05, 4.69) is 0 Å². The fourth-order valence-corrected chi connectivity index (χ4v) is 3.12. The summed E-state index contributed by atoms with van der Waals surface area (Å²) in [4.78, 5) is 11.3. The third kappa shape index (κ3) is 3.19. The van der Waals surface area contributed by atoms with E-state index in [0.717, 1.165) is 0 Å². The molecule has 6 heteroatoms. The van der Waals surface area contributed by atoms with Gasteiger partial charge in [0.05, 0.1) is 17.3 Å². The van der Waals surface area contributed by atoms with Gasteiger partial charge < -0.3 is 9.84 Å². The van der Waals surface area contributed by atoms with Crippen molar-refractivity contribution in [3.8, 4) is 0 Å². The highest BCUT2D eigenvalue weighted by Gasteiger charge is 2.47. The van der Waals surface area contributed by atoms with Crippen LogP contribution in [0.2, 0.25) is 0 Å². The molecule has 1 fully saturated rings. The highest BCUT2D eigenvalue weighted by Crippen LogP contribution is 2.39. The molecule has 0 amide bonds. The van der Waals surface area contributed by atoms with Crippen molar-refractivity contribution in [2.24, 2.45) is 5.41 Å². The number of carbonyl (C=O) groups is 1. The maximum Gasteiger partial charge on any atom is 0.312 e. The minimum absolute atomic E-state index is 0.0608. The van der Waals surface area contributed by atoms with Gasteiger partial charge in [-0.2, -0.15) is 0 Å². The van der Waals surface area contributed by atoms with E-state index in [4.69, 9.17) is 4.74 Å². The van der Waals surface area contributed by atoms with Gasteiger partial charge in [-0.1, -0.05) is 6.92 Å². The van der Waals surface area contributed by atoms with Crippen molar-refractivity contribution in [3.63, 3.8) is 0 Å². The molecule has 1 N–H and O–H groups in total. The lowest BCUT2D eigenvalue weighted by atomic mass is 9.78. The maximum atomic E-state index is 11.4. The molecule has 1 rings (SSSR count).